The Balaban J connectivity index is 1.64. The minimum absolute atomic E-state index is 0.0270. The summed E-state index contributed by atoms with van der Waals surface area (Å²) in [7, 11) is 1.54. The molecule has 1 saturated heterocycles. The van der Waals surface area contributed by atoms with Crippen molar-refractivity contribution in [2.24, 2.45) is 5.73 Å². The molecule has 2 fully saturated rings. The van der Waals surface area contributed by atoms with Crippen LogP contribution < -0.4 is 15.8 Å². The lowest BCUT2D eigenvalue weighted by molar-refractivity contribution is -0.133. The van der Waals surface area contributed by atoms with Gasteiger partial charge in [-0.2, -0.15) is 0 Å². The summed E-state index contributed by atoms with van der Waals surface area (Å²) in [4.78, 5) is 43.8. The summed E-state index contributed by atoms with van der Waals surface area (Å²) in [5.41, 5.74) is 6.89. The number of methoxy groups -OCH3 is 1. The number of amides is 3. The lowest BCUT2D eigenvalue weighted by Crippen LogP contribution is -2.64. The van der Waals surface area contributed by atoms with Gasteiger partial charge in [-0.3, -0.25) is 14.4 Å². The summed E-state index contributed by atoms with van der Waals surface area (Å²) in [6.07, 6.45) is 2.75. The molecular weight excluding hydrogens is 512 g/mol. The van der Waals surface area contributed by atoms with Crippen molar-refractivity contribution in [1.82, 2.24) is 15.1 Å². The van der Waals surface area contributed by atoms with Crippen LogP contribution in [-0.2, 0) is 4.79 Å². The van der Waals surface area contributed by atoms with Gasteiger partial charge in [-0.1, -0.05) is 28.1 Å². The molecule has 1 aliphatic carbocycles. The summed E-state index contributed by atoms with van der Waals surface area (Å²) >= 11 is 3.41. The van der Waals surface area contributed by atoms with Crippen LogP contribution in [0.1, 0.15) is 52.8 Å². The highest BCUT2D eigenvalue weighted by molar-refractivity contribution is 9.10. The van der Waals surface area contributed by atoms with E-state index in [0.29, 0.717) is 36.4 Å². The minimum atomic E-state index is -1.05. The summed E-state index contributed by atoms with van der Waals surface area (Å²) in [6.45, 7) is 0.743. The Morgan fingerprint density at radius 3 is 2.14 bits per heavy atom. The zero-order valence-corrected chi connectivity index (χ0v) is 21.4. The van der Waals surface area contributed by atoms with E-state index in [1.165, 1.54) is 16.9 Å². The van der Waals surface area contributed by atoms with Crippen molar-refractivity contribution < 1.29 is 19.1 Å². The number of carbonyl (C=O) groups is 3. The molecule has 1 aliphatic heterocycles. The normalized spacial score (nSPS) is 22.4. The maximum absolute atomic E-state index is 13.7. The van der Waals surface area contributed by atoms with Gasteiger partial charge >= 0.3 is 0 Å². The molecule has 2 aromatic rings. The SMILES string of the molecule is COc1cccc(C(=O)N2CCCN(C(=O)c3cccc(Br)c3)C2C(=O)NC2CCC(N)CC2)c1. The number of halogens is 1. The Morgan fingerprint density at radius 2 is 1.54 bits per heavy atom. The van der Waals surface area contributed by atoms with E-state index in [-0.39, 0.29) is 29.8 Å². The molecule has 0 bridgehead atoms. The number of nitrogens with zero attached hydrogens (tertiary/aromatic N) is 2. The summed E-state index contributed by atoms with van der Waals surface area (Å²) in [6, 6.07) is 14.0. The van der Waals surface area contributed by atoms with Crippen LogP contribution in [0.25, 0.3) is 0 Å². The van der Waals surface area contributed by atoms with Crippen molar-refractivity contribution in [3.63, 3.8) is 0 Å². The van der Waals surface area contributed by atoms with E-state index in [4.69, 9.17) is 10.5 Å². The molecule has 3 N–H and O–H groups in total. The fraction of sp³-hybridized carbons (Fsp3) is 0.423. The van der Waals surface area contributed by atoms with Crippen LogP contribution in [0.15, 0.2) is 53.0 Å². The second-order valence-electron chi connectivity index (χ2n) is 9.09. The third-order valence-electron chi connectivity index (χ3n) is 6.65. The van der Waals surface area contributed by atoms with Crippen LogP contribution in [0.4, 0.5) is 0 Å². The number of ether oxygens (including phenoxy) is 1. The van der Waals surface area contributed by atoms with E-state index in [9.17, 15) is 14.4 Å². The molecule has 186 valence electrons. The molecule has 0 spiro atoms. The summed E-state index contributed by atoms with van der Waals surface area (Å²) < 4.78 is 6.04. The first kappa shape index (κ1) is 25.2. The first-order valence-corrected chi connectivity index (χ1v) is 12.7. The second-order valence-corrected chi connectivity index (χ2v) is 10.0. The average Bonchev–Trinajstić information content (AvgIpc) is 2.88. The first-order valence-electron chi connectivity index (χ1n) is 11.9. The smallest absolute Gasteiger partial charge is 0.264 e. The van der Waals surface area contributed by atoms with Crippen LogP contribution in [0.5, 0.6) is 5.75 Å². The molecule has 1 saturated carbocycles. The highest BCUT2D eigenvalue weighted by atomic mass is 79.9. The Hall–Kier alpha value is -2.91. The maximum Gasteiger partial charge on any atom is 0.264 e. The van der Waals surface area contributed by atoms with Gasteiger partial charge in [0, 0.05) is 40.8 Å². The van der Waals surface area contributed by atoms with Gasteiger partial charge in [0.2, 0.25) is 0 Å². The first-order chi connectivity index (χ1) is 16.9. The molecule has 1 atom stereocenters. The van der Waals surface area contributed by atoms with Crippen LogP contribution in [0, 0.1) is 0 Å². The van der Waals surface area contributed by atoms with E-state index < -0.39 is 6.17 Å². The monoisotopic (exact) mass is 542 g/mol. The van der Waals surface area contributed by atoms with Crippen LogP contribution in [0.2, 0.25) is 0 Å². The number of carbonyl (C=O) groups excluding carboxylic acids is 3. The minimum Gasteiger partial charge on any atom is -0.497 e. The lowest BCUT2D eigenvalue weighted by Gasteiger charge is -2.43. The molecule has 0 radical (unpaired) electrons. The third kappa shape index (κ3) is 5.85. The number of nitrogens with one attached hydrogen (secondary N) is 1. The largest absolute Gasteiger partial charge is 0.497 e. The van der Waals surface area contributed by atoms with Gasteiger partial charge in [-0.25, -0.2) is 0 Å². The second kappa shape index (κ2) is 11.2. The van der Waals surface area contributed by atoms with E-state index in [1.54, 1.807) is 42.5 Å². The predicted molar refractivity (Wildman–Crippen MR) is 136 cm³/mol. The van der Waals surface area contributed by atoms with E-state index in [1.807, 2.05) is 6.07 Å². The van der Waals surface area contributed by atoms with Gasteiger partial charge in [0.25, 0.3) is 17.7 Å². The highest BCUT2D eigenvalue weighted by Gasteiger charge is 2.41. The van der Waals surface area contributed by atoms with Crippen LogP contribution in [-0.4, -0.2) is 66.0 Å². The van der Waals surface area contributed by atoms with Gasteiger partial charge < -0.3 is 25.6 Å². The van der Waals surface area contributed by atoms with Crippen LogP contribution in [0.3, 0.4) is 0 Å². The molecule has 35 heavy (non-hydrogen) atoms. The van der Waals surface area contributed by atoms with E-state index in [0.717, 1.165) is 30.2 Å². The van der Waals surface area contributed by atoms with Gasteiger partial charge in [0.15, 0.2) is 6.17 Å². The van der Waals surface area contributed by atoms with Crippen molar-refractivity contribution in [3.8, 4) is 5.75 Å². The number of hydrogen-bond donors (Lipinski definition) is 2. The topological polar surface area (TPSA) is 105 Å². The quantitative estimate of drug-likeness (QED) is 0.603. The average molecular weight is 543 g/mol. The van der Waals surface area contributed by atoms with Crippen molar-refractivity contribution in [3.05, 3.63) is 64.1 Å². The zero-order valence-electron chi connectivity index (χ0n) is 19.8. The van der Waals surface area contributed by atoms with Gasteiger partial charge in [0.1, 0.15) is 5.75 Å². The molecular formula is C26H31BrN4O4. The van der Waals surface area contributed by atoms with Crippen LogP contribution >= 0.6 is 15.9 Å². The highest BCUT2D eigenvalue weighted by Crippen LogP contribution is 2.24. The molecule has 1 heterocycles. The van der Waals surface area contributed by atoms with E-state index in [2.05, 4.69) is 21.2 Å². The van der Waals surface area contributed by atoms with Gasteiger partial charge in [-0.15, -0.1) is 0 Å². The zero-order chi connectivity index (χ0) is 24.9. The molecule has 0 aromatic heterocycles. The van der Waals surface area contributed by atoms with Crippen molar-refractivity contribution in [2.75, 3.05) is 20.2 Å². The molecule has 1 unspecified atom stereocenters. The molecule has 9 heteroatoms. The fourth-order valence-electron chi connectivity index (χ4n) is 4.78. The van der Waals surface area contributed by atoms with Crippen molar-refractivity contribution >= 4 is 33.7 Å². The fourth-order valence-corrected chi connectivity index (χ4v) is 5.18. The molecule has 2 aromatic carbocycles. The number of nitrogens with two attached hydrogens (primary N) is 1. The summed E-state index contributed by atoms with van der Waals surface area (Å²) in [5.74, 6) is -0.402. The van der Waals surface area contributed by atoms with E-state index >= 15 is 0 Å². The lowest BCUT2D eigenvalue weighted by atomic mass is 9.91. The predicted octanol–water partition coefficient (Wildman–Crippen LogP) is 3.16. The maximum atomic E-state index is 13.7. The standard InChI is InChI=1S/C26H31BrN4O4/c1-35-22-8-3-6-18(16-22)26(34)31-14-4-13-30(25(33)17-5-2-7-19(27)15-17)24(31)23(32)29-21-11-9-20(28)10-12-21/h2-3,5-8,15-16,20-21,24H,4,9-14,28H2,1H3,(H,29,32). The Morgan fingerprint density at radius 1 is 0.943 bits per heavy atom. The Bertz CT molecular complexity index is 1090. The van der Waals surface area contributed by atoms with Gasteiger partial charge in [0.05, 0.1) is 7.11 Å². The van der Waals surface area contributed by atoms with Gasteiger partial charge in [-0.05, 0) is 68.5 Å². The number of rotatable bonds is 5. The number of benzene rings is 2. The summed E-state index contributed by atoms with van der Waals surface area (Å²) in [5, 5.41) is 3.10. The number of hydrogen-bond acceptors (Lipinski definition) is 5. The molecule has 2 aliphatic rings. The Kier molecular flexibility index (Phi) is 8.07. The molecule has 3 amide bonds. The molecule has 4 rings (SSSR count). The van der Waals surface area contributed by atoms with Crippen molar-refractivity contribution in [1.29, 1.82) is 0 Å². The third-order valence-corrected chi connectivity index (χ3v) is 7.14. The van der Waals surface area contributed by atoms with Crippen molar-refractivity contribution in [2.45, 2.75) is 50.4 Å². The molecule has 8 nitrogen and oxygen atoms in total. The Labute approximate surface area is 213 Å².